The van der Waals surface area contributed by atoms with E-state index in [2.05, 4.69) is 34.5 Å². The topological polar surface area (TPSA) is 49.3 Å². The smallest absolute Gasteiger partial charge is 0.191 e. The molecule has 0 aliphatic rings. The van der Waals surface area contributed by atoms with Gasteiger partial charge in [-0.3, -0.25) is 4.99 Å². The van der Waals surface area contributed by atoms with Gasteiger partial charge in [0, 0.05) is 18.1 Å². The van der Waals surface area contributed by atoms with E-state index in [1.165, 1.54) is 0 Å². The van der Waals surface area contributed by atoms with Gasteiger partial charge in [0.25, 0.3) is 0 Å². The molecular weight excluding hydrogens is 280 g/mol. The van der Waals surface area contributed by atoms with Crippen molar-refractivity contribution in [3.05, 3.63) is 28.2 Å². The van der Waals surface area contributed by atoms with Gasteiger partial charge in [0.15, 0.2) is 5.96 Å². The van der Waals surface area contributed by atoms with Crippen LogP contribution in [0.15, 0.2) is 23.2 Å². The molecule has 0 atom stereocenters. The molecule has 0 saturated carbocycles. The molecule has 2 N–H and O–H groups in total. The van der Waals surface area contributed by atoms with Crippen LogP contribution in [0.5, 0.6) is 0 Å². The van der Waals surface area contributed by atoms with E-state index in [1.54, 1.807) is 18.4 Å². The molecule has 0 radical (unpaired) electrons. The molecule has 102 valence electrons. The first-order valence-electron chi connectivity index (χ1n) is 6.10. The molecular formula is C13H17ClN4S. The van der Waals surface area contributed by atoms with Crippen molar-refractivity contribution < 1.29 is 0 Å². The Labute approximate surface area is 121 Å². The lowest BCUT2D eigenvalue weighted by Crippen LogP contribution is -2.40. The lowest BCUT2D eigenvalue weighted by atomic mass is 10.3. The maximum Gasteiger partial charge on any atom is 0.191 e. The van der Waals surface area contributed by atoms with Gasteiger partial charge in [-0.25, -0.2) is 4.98 Å². The maximum absolute atomic E-state index is 5.96. The molecule has 0 spiro atoms. The van der Waals surface area contributed by atoms with Crippen LogP contribution in [0.1, 0.15) is 18.9 Å². The number of aromatic nitrogens is 1. The van der Waals surface area contributed by atoms with Crippen LogP contribution in [0, 0.1) is 0 Å². The van der Waals surface area contributed by atoms with Gasteiger partial charge in [0.1, 0.15) is 5.01 Å². The minimum absolute atomic E-state index is 0.348. The molecule has 4 nitrogen and oxygen atoms in total. The molecule has 0 unspecified atom stereocenters. The zero-order valence-corrected chi connectivity index (χ0v) is 12.8. The summed E-state index contributed by atoms with van der Waals surface area (Å²) in [5.41, 5.74) is 0.945. The van der Waals surface area contributed by atoms with Gasteiger partial charge in [-0.2, -0.15) is 0 Å². The van der Waals surface area contributed by atoms with E-state index in [-0.39, 0.29) is 0 Å². The van der Waals surface area contributed by atoms with Crippen LogP contribution in [-0.2, 0) is 6.54 Å². The first kappa shape index (κ1) is 14.1. The van der Waals surface area contributed by atoms with Gasteiger partial charge in [0.2, 0.25) is 0 Å². The number of nitrogens with one attached hydrogen (secondary N) is 2. The zero-order chi connectivity index (χ0) is 13.8. The maximum atomic E-state index is 5.96. The summed E-state index contributed by atoms with van der Waals surface area (Å²) in [5.74, 6) is 0.785. The molecule has 0 saturated heterocycles. The largest absolute Gasteiger partial charge is 0.354 e. The number of nitrogens with zero attached hydrogens (tertiary/aromatic N) is 2. The Kier molecular flexibility index (Phi) is 4.61. The minimum Gasteiger partial charge on any atom is -0.354 e. The third kappa shape index (κ3) is 3.81. The lowest BCUT2D eigenvalue weighted by molar-refractivity contribution is 0.699. The summed E-state index contributed by atoms with van der Waals surface area (Å²) in [6.07, 6.45) is 0. The molecule has 19 heavy (non-hydrogen) atoms. The highest BCUT2D eigenvalue weighted by Crippen LogP contribution is 2.24. The van der Waals surface area contributed by atoms with E-state index in [0.29, 0.717) is 12.6 Å². The number of aliphatic imine (C=N–C) groups is 1. The molecule has 6 heteroatoms. The zero-order valence-electron chi connectivity index (χ0n) is 11.2. The summed E-state index contributed by atoms with van der Waals surface area (Å²) in [5, 5.41) is 8.22. The van der Waals surface area contributed by atoms with Crippen LogP contribution in [-0.4, -0.2) is 24.0 Å². The average molecular weight is 297 g/mol. The predicted octanol–water partition coefficient (Wildman–Crippen LogP) is 3.02. The van der Waals surface area contributed by atoms with Crippen molar-refractivity contribution in [2.45, 2.75) is 26.4 Å². The number of fused-ring (bicyclic) bond motifs is 1. The van der Waals surface area contributed by atoms with E-state index >= 15 is 0 Å². The fourth-order valence-electron chi connectivity index (χ4n) is 1.65. The number of hydrogen-bond donors (Lipinski definition) is 2. The summed E-state index contributed by atoms with van der Waals surface area (Å²) in [6, 6.07) is 6.12. The van der Waals surface area contributed by atoms with Crippen molar-refractivity contribution >= 4 is 39.1 Å². The Balaban J connectivity index is 2.05. The number of rotatable bonds is 3. The van der Waals surface area contributed by atoms with Gasteiger partial charge in [0.05, 0.1) is 16.8 Å². The standard InChI is InChI=1S/C13H17ClN4S/c1-8(2)17-13(15-3)16-7-12-18-10-6-9(14)4-5-11(10)19-12/h4-6,8H,7H2,1-3H3,(H2,15,16,17). The quantitative estimate of drug-likeness (QED) is 0.676. The first-order valence-corrected chi connectivity index (χ1v) is 7.30. The van der Waals surface area contributed by atoms with Crippen LogP contribution in [0.3, 0.4) is 0 Å². The molecule has 0 fully saturated rings. The fourth-order valence-corrected chi connectivity index (χ4v) is 2.71. The van der Waals surface area contributed by atoms with Crippen molar-refractivity contribution in [2.75, 3.05) is 7.05 Å². The molecule has 0 aliphatic carbocycles. The van der Waals surface area contributed by atoms with E-state index in [0.717, 1.165) is 26.2 Å². The summed E-state index contributed by atoms with van der Waals surface area (Å²) in [6.45, 7) is 4.81. The molecule has 1 heterocycles. The summed E-state index contributed by atoms with van der Waals surface area (Å²) < 4.78 is 1.15. The number of benzene rings is 1. The highest BCUT2D eigenvalue weighted by Gasteiger charge is 2.06. The number of hydrogen-bond acceptors (Lipinski definition) is 3. The Morgan fingerprint density at radius 1 is 1.47 bits per heavy atom. The fraction of sp³-hybridized carbons (Fsp3) is 0.385. The SMILES string of the molecule is CN=C(NCc1nc2cc(Cl)ccc2s1)NC(C)C. The monoisotopic (exact) mass is 296 g/mol. The molecule has 1 aromatic carbocycles. The van der Waals surface area contributed by atoms with Crippen molar-refractivity contribution in [3.63, 3.8) is 0 Å². The average Bonchev–Trinajstić information content (AvgIpc) is 2.75. The summed E-state index contributed by atoms with van der Waals surface area (Å²) in [7, 11) is 1.76. The number of thiazole rings is 1. The minimum atomic E-state index is 0.348. The van der Waals surface area contributed by atoms with E-state index in [4.69, 9.17) is 11.6 Å². The van der Waals surface area contributed by atoms with Gasteiger partial charge in [-0.05, 0) is 32.0 Å². The van der Waals surface area contributed by atoms with Crippen LogP contribution in [0.2, 0.25) is 5.02 Å². The van der Waals surface area contributed by atoms with E-state index < -0.39 is 0 Å². The van der Waals surface area contributed by atoms with E-state index in [1.807, 2.05) is 18.2 Å². The second-order valence-electron chi connectivity index (χ2n) is 4.44. The normalized spacial score (nSPS) is 12.2. The Morgan fingerprint density at radius 3 is 2.95 bits per heavy atom. The third-order valence-electron chi connectivity index (χ3n) is 2.45. The lowest BCUT2D eigenvalue weighted by Gasteiger charge is -2.13. The summed E-state index contributed by atoms with van der Waals surface area (Å²) >= 11 is 7.62. The second kappa shape index (κ2) is 6.21. The van der Waals surface area contributed by atoms with Crippen LogP contribution in [0.25, 0.3) is 10.2 Å². The highest BCUT2D eigenvalue weighted by molar-refractivity contribution is 7.18. The third-order valence-corrected chi connectivity index (χ3v) is 3.72. The van der Waals surface area contributed by atoms with Crippen molar-refractivity contribution in [2.24, 2.45) is 4.99 Å². The number of guanidine groups is 1. The Hall–Kier alpha value is -1.33. The predicted molar refractivity (Wildman–Crippen MR) is 83.1 cm³/mol. The first-order chi connectivity index (χ1) is 9.08. The summed E-state index contributed by atoms with van der Waals surface area (Å²) in [4.78, 5) is 8.71. The van der Waals surface area contributed by atoms with Gasteiger partial charge in [-0.1, -0.05) is 11.6 Å². The molecule has 2 rings (SSSR count). The van der Waals surface area contributed by atoms with Gasteiger partial charge < -0.3 is 10.6 Å². The molecule has 0 bridgehead atoms. The van der Waals surface area contributed by atoms with Crippen LogP contribution in [0.4, 0.5) is 0 Å². The van der Waals surface area contributed by atoms with Crippen LogP contribution >= 0.6 is 22.9 Å². The number of halogens is 1. The van der Waals surface area contributed by atoms with Crippen molar-refractivity contribution in [3.8, 4) is 0 Å². The van der Waals surface area contributed by atoms with E-state index in [9.17, 15) is 0 Å². The van der Waals surface area contributed by atoms with Gasteiger partial charge in [-0.15, -0.1) is 11.3 Å². The molecule has 0 amide bonds. The molecule has 0 aliphatic heterocycles. The Bertz CT molecular complexity index is 591. The van der Waals surface area contributed by atoms with Crippen molar-refractivity contribution in [1.29, 1.82) is 0 Å². The Morgan fingerprint density at radius 2 is 2.26 bits per heavy atom. The van der Waals surface area contributed by atoms with Gasteiger partial charge >= 0.3 is 0 Å². The highest BCUT2D eigenvalue weighted by atomic mass is 35.5. The molecule has 2 aromatic rings. The second-order valence-corrected chi connectivity index (χ2v) is 6.00. The van der Waals surface area contributed by atoms with Crippen molar-refractivity contribution in [1.82, 2.24) is 15.6 Å². The molecule has 1 aromatic heterocycles. The van der Waals surface area contributed by atoms with Crippen LogP contribution < -0.4 is 10.6 Å².